The zero-order valence-electron chi connectivity index (χ0n) is 12.7. The van der Waals surface area contributed by atoms with Crippen LogP contribution < -0.4 is 11.1 Å². The van der Waals surface area contributed by atoms with E-state index in [9.17, 15) is 4.79 Å². The van der Waals surface area contributed by atoms with Gasteiger partial charge in [0.25, 0.3) is 0 Å². The molecule has 0 aromatic rings. The third-order valence-corrected chi connectivity index (χ3v) is 5.50. The van der Waals surface area contributed by atoms with E-state index in [0.29, 0.717) is 23.8 Å². The van der Waals surface area contributed by atoms with Gasteiger partial charge in [0.05, 0.1) is 0 Å². The fraction of sp³-hybridized carbons (Fsp3) is 0.938. The number of carbonyl (C=O) groups is 1. The molecule has 2 aliphatic rings. The lowest BCUT2D eigenvalue weighted by Gasteiger charge is -2.37. The molecule has 0 heterocycles. The number of hydrogen-bond donors (Lipinski definition) is 2. The molecule has 5 atom stereocenters. The molecule has 3 nitrogen and oxygen atoms in total. The molecule has 0 spiro atoms. The van der Waals surface area contributed by atoms with Crippen molar-refractivity contribution in [3.05, 3.63) is 0 Å². The zero-order valence-corrected chi connectivity index (χ0v) is 12.7. The molecule has 2 rings (SSSR count). The normalized spacial score (nSPS) is 38.1. The summed E-state index contributed by atoms with van der Waals surface area (Å²) in [5.74, 6) is 2.07. The molecule has 2 fully saturated rings. The van der Waals surface area contributed by atoms with Gasteiger partial charge in [-0.3, -0.25) is 4.79 Å². The number of carbonyl (C=O) groups excluding carboxylic acids is 1. The van der Waals surface area contributed by atoms with E-state index in [-0.39, 0.29) is 17.9 Å². The second kappa shape index (κ2) is 6.25. The van der Waals surface area contributed by atoms with E-state index >= 15 is 0 Å². The number of hydrogen-bond acceptors (Lipinski definition) is 2. The predicted octanol–water partition coefficient (Wildman–Crippen LogP) is 2.69. The minimum absolute atomic E-state index is 0.120. The largest absolute Gasteiger partial charge is 0.353 e. The van der Waals surface area contributed by atoms with Crippen molar-refractivity contribution in [2.24, 2.45) is 29.4 Å². The number of amides is 1. The van der Waals surface area contributed by atoms with Crippen LogP contribution in [0.15, 0.2) is 0 Å². The van der Waals surface area contributed by atoms with Crippen molar-refractivity contribution < 1.29 is 4.79 Å². The van der Waals surface area contributed by atoms with E-state index in [1.54, 1.807) is 0 Å². The van der Waals surface area contributed by atoms with E-state index in [1.165, 1.54) is 25.7 Å². The second-order valence-corrected chi connectivity index (χ2v) is 7.04. The van der Waals surface area contributed by atoms with Crippen LogP contribution in [0.3, 0.4) is 0 Å². The van der Waals surface area contributed by atoms with Gasteiger partial charge in [0, 0.05) is 18.0 Å². The molecule has 110 valence electrons. The summed E-state index contributed by atoms with van der Waals surface area (Å²) in [7, 11) is 0. The second-order valence-electron chi connectivity index (χ2n) is 7.04. The van der Waals surface area contributed by atoms with Crippen molar-refractivity contribution in [1.29, 1.82) is 0 Å². The van der Waals surface area contributed by atoms with Crippen LogP contribution in [0.25, 0.3) is 0 Å². The lowest BCUT2D eigenvalue weighted by atomic mass is 9.72. The molecule has 1 amide bonds. The molecule has 0 aromatic heterocycles. The first-order valence-electron chi connectivity index (χ1n) is 8.05. The fourth-order valence-corrected chi connectivity index (χ4v) is 3.96. The maximum absolute atomic E-state index is 12.5. The average molecular weight is 266 g/mol. The van der Waals surface area contributed by atoms with E-state index < -0.39 is 0 Å². The first kappa shape index (κ1) is 14.8. The molecule has 0 bridgehead atoms. The molecule has 0 saturated heterocycles. The summed E-state index contributed by atoms with van der Waals surface area (Å²) in [5.41, 5.74) is 6.14. The summed E-state index contributed by atoms with van der Waals surface area (Å²) >= 11 is 0. The van der Waals surface area contributed by atoms with Crippen molar-refractivity contribution >= 4 is 5.91 Å². The maximum Gasteiger partial charge on any atom is 0.223 e. The summed E-state index contributed by atoms with van der Waals surface area (Å²) in [6, 6.07) is 0.520. The number of rotatable bonds is 3. The third kappa shape index (κ3) is 3.50. The van der Waals surface area contributed by atoms with Crippen molar-refractivity contribution in [3.63, 3.8) is 0 Å². The smallest absolute Gasteiger partial charge is 0.223 e. The standard InChI is InChI=1S/C16H30N2O/c1-10-8-11(2)15(17)9-14(10)16(19)18-12(3)13-6-4-5-7-13/h10-15H,4-9,17H2,1-3H3,(H,18,19). The molecule has 5 unspecified atom stereocenters. The van der Waals surface area contributed by atoms with Crippen LogP contribution in [0.2, 0.25) is 0 Å². The molecule has 2 aliphatic carbocycles. The average Bonchev–Trinajstić information content (AvgIpc) is 2.87. The Morgan fingerprint density at radius 2 is 1.79 bits per heavy atom. The monoisotopic (exact) mass is 266 g/mol. The lowest BCUT2D eigenvalue weighted by Crippen LogP contribution is -2.48. The Balaban J connectivity index is 1.88. The Morgan fingerprint density at radius 1 is 1.16 bits per heavy atom. The fourth-order valence-electron chi connectivity index (χ4n) is 3.96. The van der Waals surface area contributed by atoms with Gasteiger partial charge in [-0.25, -0.2) is 0 Å². The summed E-state index contributed by atoms with van der Waals surface area (Å²) in [6.07, 6.45) is 7.14. The summed E-state index contributed by atoms with van der Waals surface area (Å²) in [5, 5.41) is 3.26. The molecule has 0 aliphatic heterocycles. The van der Waals surface area contributed by atoms with Gasteiger partial charge in [-0.05, 0) is 50.4 Å². The van der Waals surface area contributed by atoms with Crippen LogP contribution in [0.1, 0.15) is 59.3 Å². The molecule has 19 heavy (non-hydrogen) atoms. The van der Waals surface area contributed by atoms with Gasteiger partial charge in [0.1, 0.15) is 0 Å². The van der Waals surface area contributed by atoms with Gasteiger partial charge < -0.3 is 11.1 Å². The number of nitrogens with one attached hydrogen (secondary N) is 1. The van der Waals surface area contributed by atoms with Gasteiger partial charge in [0.15, 0.2) is 0 Å². The molecule has 0 aromatic carbocycles. The Bertz CT molecular complexity index is 312. The van der Waals surface area contributed by atoms with Crippen molar-refractivity contribution in [1.82, 2.24) is 5.32 Å². The van der Waals surface area contributed by atoms with Gasteiger partial charge >= 0.3 is 0 Å². The Kier molecular flexibility index (Phi) is 4.88. The van der Waals surface area contributed by atoms with E-state index in [0.717, 1.165) is 12.8 Å². The predicted molar refractivity (Wildman–Crippen MR) is 78.6 cm³/mol. The Hall–Kier alpha value is -0.570. The summed E-state index contributed by atoms with van der Waals surface area (Å²) in [6.45, 7) is 6.58. The highest BCUT2D eigenvalue weighted by atomic mass is 16.2. The Labute approximate surface area is 117 Å². The van der Waals surface area contributed by atoms with Crippen LogP contribution >= 0.6 is 0 Å². The van der Waals surface area contributed by atoms with Crippen LogP contribution in [0, 0.1) is 23.7 Å². The molecular weight excluding hydrogens is 236 g/mol. The van der Waals surface area contributed by atoms with Crippen molar-refractivity contribution in [2.75, 3.05) is 0 Å². The summed E-state index contributed by atoms with van der Waals surface area (Å²) in [4.78, 5) is 12.5. The topological polar surface area (TPSA) is 55.1 Å². The highest BCUT2D eigenvalue weighted by Gasteiger charge is 2.36. The van der Waals surface area contributed by atoms with Gasteiger partial charge in [-0.1, -0.05) is 26.7 Å². The van der Waals surface area contributed by atoms with Crippen molar-refractivity contribution in [2.45, 2.75) is 71.4 Å². The first-order valence-corrected chi connectivity index (χ1v) is 8.05. The zero-order chi connectivity index (χ0) is 14.0. The van der Waals surface area contributed by atoms with Crippen molar-refractivity contribution in [3.8, 4) is 0 Å². The molecule has 3 N–H and O–H groups in total. The van der Waals surface area contributed by atoms with Gasteiger partial charge in [0.2, 0.25) is 5.91 Å². The summed E-state index contributed by atoms with van der Waals surface area (Å²) < 4.78 is 0. The van der Waals surface area contributed by atoms with Gasteiger partial charge in [-0.15, -0.1) is 0 Å². The van der Waals surface area contributed by atoms with E-state index in [2.05, 4.69) is 26.1 Å². The minimum Gasteiger partial charge on any atom is -0.353 e. The lowest BCUT2D eigenvalue weighted by molar-refractivity contribution is -0.129. The quantitative estimate of drug-likeness (QED) is 0.825. The van der Waals surface area contributed by atoms with E-state index in [4.69, 9.17) is 5.73 Å². The Morgan fingerprint density at radius 3 is 2.42 bits per heavy atom. The van der Waals surface area contributed by atoms with Crippen LogP contribution in [-0.2, 0) is 4.79 Å². The molecule has 2 saturated carbocycles. The maximum atomic E-state index is 12.5. The molecule has 0 radical (unpaired) electrons. The van der Waals surface area contributed by atoms with Crippen LogP contribution in [0.5, 0.6) is 0 Å². The van der Waals surface area contributed by atoms with Crippen LogP contribution in [-0.4, -0.2) is 18.0 Å². The van der Waals surface area contributed by atoms with Gasteiger partial charge in [-0.2, -0.15) is 0 Å². The SMILES string of the molecule is CC1CC(C)C(C(=O)NC(C)C2CCCC2)CC1N. The van der Waals surface area contributed by atoms with Crippen LogP contribution in [0.4, 0.5) is 0 Å². The third-order valence-electron chi connectivity index (χ3n) is 5.50. The molecule has 3 heteroatoms. The highest BCUT2D eigenvalue weighted by Crippen LogP contribution is 2.33. The van der Waals surface area contributed by atoms with E-state index in [1.807, 2.05) is 0 Å². The number of nitrogens with two attached hydrogens (primary N) is 1. The first-order chi connectivity index (χ1) is 8.99. The molecular formula is C16H30N2O. The highest BCUT2D eigenvalue weighted by molar-refractivity contribution is 5.79. The minimum atomic E-state index is 0.120.